The Morgan fingerprint density at radius 1 is 1.44 bits per heavy atom. The van der Waals surface area contributed by atoms with E-state index < -0.39 is 24.7 Å². The summed E-state index contributed by atoms with van der Waals surface area (Å²) in [4.78, 5) is 11.4. The molecule has 3 atom stereocenters. The zero-order valence-electron chi connectivity index (χ0n) is 10.5. The van der Waals surface area contributed by atoms with Crippen molar-refractivity contribution in [3.05, 3.63) is 0 Å². The van der Waals surface area contributed by atoms with Crippen molar-refractivity contribution in [3.63, 3.8) is 0 Å². The third-order valence-electron chi connectivity index (χ3n) is 3.06. The highest BCUT2D eigenvalue weighted by Crippen LogP contribution is 2.28. The van der Waals surface area contributed by atoms with Gasteiger partial charge in [0.1, 0.15) is 6.54 Å². The van der Waals surface area contributed by atoms with Gasteiger partial charge in [-0.3, -0.25) is 4.79 Å². The van der Waals surface area contributed by atoms with Crippen LogP contribution in [-0.2, 0) is 4.79 Å². The van der Waals surface area contributed by atoms with Crippen LogP contribution in [0.3, 0.4) is 0 Å². The Hall–Kier alpha value is -0.430. The zero-order valence-corrected chi connectivity index (χ0v) is 11.3. The van der Waals surface area contributed by atoms with Gasteiger partial charge in [-0.15, -0.1) is 0 Å². The monoisotopic (exact) mass is 284 g/mol. The summed E-state index contributed by atoms with van der Waals surface area (Å²) in [6.07, 6.45) is 0.732. The van der Waals surface area contributed by atoms with Gasteiger partial charge in [-0.25, -0.2) is 0 Å². The number of thioether (sulfide) groups is 1. The molecule has 0 aromatic rings. The Balaban J connectivity index is 2.28. The van der Waals surface area contributed by atoms with Gasteiger partial charge in [0.15, 0.2) is 0 Å². The quantitative estimate of drug-likeness (QED) is 0.810. The normalized spacial score (nSPS) is 26.1. The van der Waals surface area contributed by atoms with Crippen molar-refractivity contribution >= 4 is 17.7 Å². The van der Waals surface area contributed by atoms with E-state index in [4.69, 9.17) is 0 Å². The fourth-order valence-electron chi connectivity index (χ4n) is 2.08. The average molecular weight is 284 g/mol. The average Bonchev–Trinajstić information content (AvgIpc) is 2.72. The van der Waals surface area contributed by atoms with Crippen molar-refractivity contribution in [2.75, 3.05) is 12.8 Å². The van der Waals surface area contributed by atoms with E-state index in [-0.39, 0.29) is 6.04 Å². The summed E-state index contributed by atoms with van der Waals surface area (Å²) < 4.78 is 35.8. The molecule has 106 valence electrons. The summed E-state index contributed by atoms with van der Waals surface area (Å²) in [5, 5.41) is 5.57. The molecule has 1 saturated carbocycles. The van der Waals surface area contributed by atoms with Crippen LogP contribution in [0.4, 0.5) is 13.2 Å². The van der Waals surface area contributed by atoms with Gasteiger partial charge < -0.3 is 10.6 Å². The topological polar surface area (TPSA) is 41.1 Å². The van der Waals surface area contributed by atoms with Crippen molar-refractivity contribution in [1.82, 2.24) is 10.6 Å². The first-order valence-corrected chi connectivity index (χ1v) is 7.24. The van der Waals surface area contributed by atoms with Gasteiger partial charge in [-0.1, -0.05) is 0 Å². The largest absolute Gasteiger partial charge is 0.405 e. The molecule has 1 rings (SSSR count). The van der Waals surface area contributed by atoms with Gasteiger partial charge in [-0.05, 0) is 32.4 Å². The van der Waals surface area contributed by atoms with Crippen LogP contribution in [0, 0.1) is 0 Å². The summed E-state index contributed by atoms with van der Waals surface area (Å²) >= 11 is 1.80. The van der Waals surface area contributed by atoms with E-state index in [1.54, 1.807) is 18.7 Å². The molecule has 1 aliphatic carbocycles. The lowest BCUT2D eigenvalue weighted by atomic mass is 10.2. The number of halogens is 3. The van der Waals surface area contributed by atoms with E-state index >= 15 is 0 Å². The smallest absolute Gasteiger partial charge is 0.346 e. The Bertz CT molecular complexity index is 286. The molecular formula is C11H19F3N2OS. The van der Waals surface area contributed by atoms with Crippen LogP contribution in [0.2, 0.25) is 0 Å². The van der Waals surface area contributed by atoms with Crippen LogP contribution in [0.5, 0.6) is 0 Å². The fraction of sp³-hybridized carbons (Fsp3) is 0.909. The molecule has 18 heavy (non-hydrogen) atoms. The number of carbonyl (C=O) groups excluding carboxylic acids is 1. The predicted octanol–water partition coefficient (Wildman–Crippen LogP) is 1.93. The minimum atomic E-state index is -4.35. The zero-order chi connectivity index (χ0) is 13.8. The third-order valence-corrected chi connectivity index (χ3v) is 4.15. The maximum atomic E-state index is 11.9. The number of nitrogens with one attached hydrogen (secondary N) is 2. The van der Waals surface area contributed by atoms with Crippen LogP contribution in [0.15, 0.2) is 0 Å². The van der Waals surface area contributed by atoms with E-state index in [1.807, 2.05) is 11.6 Å². The van der Waals surface area contributed by atoms with Gasteiger partial charge >= 0.3 is 6.18 Å². The van der Waals surface area contributed by atoms with E-state index in [2.05, 4.69) is 5.32 Å². The molecule has 0 aromatic carbocycles. The molecule has 3 nitrogen and oxygen atoms in total. The summed E-state index contributed by atoms with van der Waals surface area (Å²) in [5.74, 6) is -0.597. The van der Waals surface area contributed by atoms with Crippen molar-refractivity contribution in [3.8, 4) is 0 Å². The van der Waals surface area contributed by atoms with Crippen LogP contribution in [0.25, 0.3) is 0 Å². The number of alkyl halides is 3. The fourth-order valence-corrected chi connectivity index (χ4v) is 2.87. The number of hydrogen-bond donors (Lipinski definition) is 2. The molecule has 0 radical (unpaired) electrons. The van der Waals surface area contributed by atoms with Gasteiger partial charge in [0, 0.05) is 11.3 Å². The maximum absolute atomic E-state index is 11.9. The first kappa shape index (κ1) is 15.6. The number of hydrogen-bond acceptors (Lipinski definition) is 3. The molecule has 7 heteroatoms. The summed E-state index contributed by atoms with van der Waals surface area (Å²) in [6, 6.07) is -0.355. The molecule has 0 bridgehead atoms. The molecule has 0 aliphatic heterocycles. The summed E-state index contributed by atoms with van der Waals surface area (Å²) in [7, 11) is 0. The van der Waals surface area contributed by atoms with Crippen molar-refractivity contribution < 1.29 is 18.0 Å². The molecular weight excluding hydrogens is 265 g/mol. The van der Waals surface area contributed by atoms with Gasteiger partial charge in [0.25, 0.3) is 0 Å². The highest BCUT2D eigenvalue weighted by Gasteiger charge is 2.30. The molecule has 1 aliphatic rings. The third kappa shape index (κ3) is 5.48. The number of amides is 1. The standard InChI is InChI=1S/C11H19F3N2OS/c1-7(10(17)15-6-11(12,13)14)16-8-3-4-9(5-8)18-2/h7-9,16H,3-6H2,1-2H3,(H,15,17). The van der Waals surface area contributed by atoms with Crippen LogP contribution in [0.1, 0.15) is 26.2 Å². The number of rotatable bonds is 5. The highest BCUT2D eigenvalue weighted by atomic mass is 32.2. The van der Waals surface area contributed by atoms with Crippen LogP contribution >= 0.6 is 11.8 Å². The van der Waals surface area contributed by atoms with E-state index in [0.717, 1.165) is 19.3 Å². The molecule has 1 amide bonds. The highest BCUT2D eigenvalue weighted by molar-refractivity contribution is 7.99. The van der Waals surface area contributed by atoms with E-state index in [0.29, 0.717) is 5.25 Å². The Morgan fingerprint density at radius 2 is 2.11 bits per heavy atom. The molecule has 1 fully saturated rings. The second-order valence-corrected chi connectivity index (χ2v) is 5.73. The molecule has 0 aromatic heterocycles. The van der Waals surface area contributed by atoms with Crippen molar-refractivity contribution in [2.45, 2.75) is 49.7 Å². The van der Waals surface area contributed by atoms with Crippen molar-refractivity contribution in [1.29, 1.82) is 0 Å². The van der Waals surface area contributed by atoms with Gasteiger partial charge in [0.2, 0.25) is 5.91 Å². The van der Waals surface area contributed by atoms with Gasteiger partial charge in [-0.2, -0.15) is 24.9 Å². The molecule has 0 saturated heterocycles. The molecule has 0 heterocycles. The lowest BCUT2D eigenvalue weighted by molar-refractivity contribution is -0.139. The second kappa shape index (κ2) is 6.65. The lowest BCUT2D eigenvalue weighted by Crippen LogP contribution is -2.48. The first-order valence-electron chi connectivity index (χ1n) is 5.95. The SMILES string of the molecule is CSC1CCC(NC(C)C(=O)NCC(F)(F)F)C1. The van der Waals surface area contributed by atoms with Crippen LogP contribution in [-0.4, -0.2) is 42.2 Å². The predicted molar refractivity (Wildman–Crippen MR) is 66.6 cm³/mol. The van der Waals surface area contributed by atoms with E-state index in [1.165, 1.54) is 0 Å². The Morgan fingerprint density at radius 3 is 2.61 bits per heavy atom. The molecule has 3 unspecified atom stereocenters. The lowest BCUT2D eigenvalue weighted by Gasteiger charge is -2.19. The first-order chi connectivity index (χ1) is 8.31. The summed E-state index contributed by atoms with van der Waals surface area (Å²) in [5.41, 5.74) is 0. The van der Waals surface area contributed by atoms with Gasteiger partial charge in [0.05, 0.1) is 6.04 Å². The number of carbonyl (C=O) groups is 1. The Kier molecular flexibility index (Phi) is 5.78. The van der Waals surface area contributed by atoms with Crippen molar-refractivity contribution in [2.24, 2.45) is 0 Å². The minimum Gasteiger partial charge on any atom is -0.346 e. The molecule has 0 spiro atoms. The second-order valence-electron chi connectivity index (χ2n) is 4.59. The summed E-state index contributed by atoms with van der Waals surface area (Å²) in [6.45, 7) is 0.327. The maximum Gasteiger partial charge on any atom is 0.405 e. The minimum absolute atomic E-state index is 0.231. The van der Waals surface area contributed by atoms with Crippen LogP contribution < -0.4 is 10.6 Å². The molecule has 2 N–H and O–H groups in total. The Labute approximate surface area is 109 Å². The van der Waals surface area contributed by atoms with E-state index in [9.17, 15) is 18.0 Å².